The summed E-state index contributed by atoms with van der Waals surface area (Å²) in [5.74, 6) is -0.646. The molecule has 1 aliphatic rings. The normalized spacial score (nSPS) is 15.2. The third kappa shape index (κ3) is 9.18. The number of anilines is 1. The number of pyridine rings is 1. The SMILES string of the molecule is COCCN(CCC(=O)OC(C)(C)C)S(=O)(=O)c1ccc(CC(C(=O)Nc2nc3ccc(Cl)nc3s2)C2CCCC2)cc1. The molecular formula is C30H39ClN4O6S2. The molecule has 0 radical (unpaired) electrons. The summed E-state index contributed by atoms with van der Waals surface area (Å²) in [5.41, 5.74) is 0.876. The van der Waals surface area contributed by atoms with Crippen LogP contribution in [0.4, 0.5) is 5.13 Å². The van der Waals surface area contributed by atoms with Crippen LogP contribution in [0, 0.1) is 11.8 Å². The molecule has 1 saturated carbocycles. The minimum Gasteiger partial charge on any atom is -0.460 e. The largest absolute Gasteiger partial charge is 0.460 e. The number of nitrogens with zero attached hydrogens (tertiary/aromatic N) is 3. The summed E-state index contributed by atoms with van der Waals surface area (Å²) in [6.07, 6.45) is 4.49. The van der Waals surface area contributed by atoms with E-state index in [2.05, 4.69) is 15.3 Å². The number of amides is 1. The van der Waals surface area contributed by atoms with E-state index in [1.165, 1.54) is 22.8 Å². The first-order valence-corrected chi connectivity index (χ1v) is 17.0. The highest BCUT2D eigenvalue weighted by Gasteiger charge is 2.32. The third-order valence-corrected chi connectivity index (χ3v) is 10.3. The predicted molar refractivity (Wildman–Crippen MR) is 168 cm³/mol. The predicted octanol–water partition coefficient (Wildman–Crippen LogP) is 5.70. The number of hydrogen-bond acceptors (Lipinski definition) is 9. The van der Waals surface area contributed by atoms with Crippen molar-refractivity contribution in [3.63, 3.8) is 0 Å². The minimum absolute atomic E-state index is 0.0280. The highest BCUT2D eigenvalue weighted by molar-refractivity contribution is 7.89. The maximum absolute atomic E-state index is 13.5. The Bertz CT molecular complexity index is 1520. The Morgan fingerprint density at radius 2 is 1.79 bits per heavy atom. The molecule has 1 aliphatic carbocycles. The Balaban J connectivity index is 1.47. The summed E-state index contributed by atoms with van der Waals surface area (Å²) in [6, 6.07) is 10.1. The van der Waals surface area contributed by atoms with Gasteiger partial charge in [-0.05, 0) is 75.8 Å². The maximum Gasteiger partial charge on any atom is 0.307 e. The molecule has 13 heteroatoms. The molecule has 1 amide bonds. The molecule has 1 fully saturated rings. The number of thiazole rings is 1. The zero-order chi connectivity index (χ0) is 31.2. The molecule has 2 aromatic heterocycles. The van der Waals surface area contributed by atoms with Crippen molar-refractivity contribution in [2.45, 2.75) is 69.8 Å². The van der Waals surface area contributed by atoms with E-state index in [0.717, 1.165) is 31.2 Å². The first kappa shape index (κ1) is 33.3. The number of halogens is 1. The van der Waals surface area contributed by atoms with Gasteiger partial charge in [-0.25, -0.2) is 18.4 Å². The topological polar surface area (TPSA) is 128 Å². The number of esters is 1. The fourth-order valence-corrected chi connectivity index (χ4v) is 7.70. The van der Waals surface area contributed by atoms with Gasteiger partial charge in [-0.15, -0.1) is 0 Å². The summed E-state index contributed by atoms with van der Waals surface area (Å²) in [7, 11) is -2.41. The fourth-order valence-electron chi connectivity index (χ4n) is 5.23. The number of carbonyl (C=O) groups excluding carboxylic acids is 2. The smallest absolute Gasteiger partial charge is 0.307 e. The molecule has 3 aromatic rings. The van der Waals surface area contributed by atoms with Crippen molar-refractivity contribution in [2.24, 2.45) is 11.8 Å². The third-order valence-electron chi connectivity index (χ3n) is 7.30. The second kappa shape index (κ2) is 14.4. The Hall–Kier alpha value is -2.64. The van der Waals surface area contributed by atoms with Gasteiger partial charge in [-0.2, -0.15) is 4.31 Å². The average molecular weight is 651 g/mol. The highest BCUT2D eigenvalue weighted by Crippen LogP contribution is 2.35. The van der Waals surface area contributed by atoms with Gasteiger partial charge in [0, 0.05) is 26.1 Å². The van der Waals surface area contributed by atoms with Gasteiger partial charge in [0.1, 0.15) is 21.1 Å². The minimum atomic E-state index is -3.90. The summed E-state index contributed by atoms with van der Waals surface area (Å²) >= 11 is 7.28. The van der Waals surface area contributed by atoms with Gasteiger partial charge in [0.15, 0.2) is 5.13 Å². The number of aromatic nitrogens is 2. The molecule has 234 valence electrons. The van der Waals surface area contributed by atoms with Crippen LogP contribution in [0.3, 0.4) is 0 Å². The van der Waals surface area contributed by atoms with Gasteiger partial charge in [0.05, 0.1) is 17.9 Å². The quantitative estimate of drug-likeness (QED) is 0.184. The van der Waals surface area contributed by atoms with Crippen molar-refractivity contribution in [3.8, 4) is 0 Å². The van der Waals surface area contributed by atoms with Gasteiger partial charge in [-0.3, -0.25) is 9.59 Å². The highest BCUT2D eigenvalue weighted by atomic mass is 35.5. The number of sulfonamides is 1. The molecule has 0 saturated heterocycles. The van der Waals surface area contributed by atoms with Crippen LogP contribution in [-0.2, 0) is 35.5 Å². The molecule has 1 aromatic carbocycles. The van der Waals surface area contributed by atoms with E-state index in [1.807, 2.05) is 0 Å². The zero-order valence-corrected chi connectivity index (χ0v) is 27.4. The number of fused-ring (bicyclic) bond motifs is 1. The Morgan fingerprint density at radius 3 is 2.44 bits per heavy atom. The summed E-state index contributed by atoms with van der Waals surface area (Å²) in [5, 5.41) is 3.83. The lowest BCUT2D eigenvalue weighted by Gasteiger charge is -2.24. The number of hydrogen-bond donors (Lipinski definition) is 1. The number of nitrogens with one attached hydrogen (secondary N) is 1. The van der Waals surface area contributed by atoms with Crippen LogP contribution in [0.25, 0.3) is 10.3 Å². The lowest BCUT2D eigenvalue weighted by molar-refractivity contribution is -0.154. The van der Waals surface area contributed by atoms with Crippen LogP contribution in [0.2, 0.25) is 5.15 Å². The van der Waals surface area contributed by atoms with Crippen molar-refractivity contribution in [3.05, 3.63) is 47.1 Å². The molecular weight excluding hydrogens is 612 g/mol. The van der Waals surface area contributed by atoms with Gasteiger partial charge >= 0.3 is 5.97 Å². The van der Waals surface area contributed by atoms with Crippen LogP contribution in [0.5, 0.6) is 0 Å². The Labute approximate surface area is 262 Å². The Kier molecular flexibility index (Phi) is 11.2. The van der Waals surface area contributed by atoms with Crippen LogP contribution in [-0.4, -0.2) is 67.0 Å². The molecule has 0 bridgehead atoms. The molecule has 0 aliphatic heterocycles. The van der Waals surface area contributed by atoms with Crippen LogP contribution in [0.1, 0.15) is 58.4 Å². The van der Waals surface area contributed by atoms with Crippen LogP contribution < -0.4 is 5.32 Å². The van der Waals surface area contributed by atoms with Crippen molar-refractivity contribution >= 4 is 60.3 Å². The second-order valence-electron chi connectivity index (χ2n) is 11.7. The number of ether oxygens (including phenoxy) is 2. The maximum atomic E-state index is 13.5. The molecule has 1 N–H and O–H groups in total. The summed E-state index contributed by atoms with van der Waals surface area (Å²) in [4.78, 5) is 35.3. The van der Waals surface area contributed by atoms with Crippen LogP contribution >= 0.6 is 22.9 Å². The van der Waals surface area contributed by atoms with E-state index in [9.17, 15) is 18.0 Å². The van der Waals surface area contributed by atoms with E-state index < -0.39 is 21.6 Å². The van der Waals surface area contributed by atoms with Crippen molar-refractivity contribution in [1.82, 2.24) is 14.3 Å². The lowest BCUT2D eigenvalue weighted by atomic mass is 9.85. The van der Waals surface area contributed by atoms with Crippen molar-refractivity contribution in [2.75, 3.05) is 32.1 Å². The van der Waals surface area contributed by atoms with Gasteiger partial charge in [-0.1, -0.05) is 47.9 Å². The lowest BCUT2D eigenvalue weighted by Crippen LogP contribution is -2.36. The monoisotopic (exact) mass is 650 g/mol. The first-order chi connectivity index (χ1) is 20.4. The second-order valence-corrected chi connectivity index (χ2v) is 15.0. The molecule has 43 heavy (non-hydrogen) atoms. The molecule has 10 nitrogen and oxygen atoms in total. The van der Waals surface area contributed by atoms with E-state index >= 15 is 0 Å². The van der Waals surface area contributed by atoms with Crippen LogP contribution in [0.15, 0.2) is 41.3 Å². The standard InChI is InChI=1S/C30H39ClN4O6S2/c1-30(2,3)41-26(36)15-16-35(17-18-40-4)43(38,39)22-11-9-20(10-12-22)19-23(21-7-5-6-8-21)27(37)34-29-32-24-13-14-25(31)33-28(24)42-29/h9-14,21,23H,5-8,15-19H2,1-4H3,(H,32,34,37). The fraction of sp³-hybridized carbons (Fsp3) is 0.533. The van der Waals surface area contributed by atoms with Gasteiger partial charge in [0.2, 0.25) is 15.9 Å². The molecule has 1 atom stereocenters. The number of methoxy groups -OCH3 is 1. The Morgan fingerprint density at radius 1 is 1.09 bits per heavy atom. The number of carbonyl (C=O) groups is 2. The van der Waals surface area contributed by atoms with E-state index in [0.29, 0.717) is 27.1 Å². The van der Waals surface area contributed by atoms with E-state index in [1.54, 1.807) is 57.2 Å². The van der Waals surface area contributed by atoms with Crippen molar-refractivity contribution in [1.29, 1.82) is 0 Å². The number of benzene rings is 1. The van der Waals surface area contributed by atoms with Gasteiger partial charge < -0.3 is 14.8 Å². The van der Waals surface area contributed by atoms with Crippen molar-refractivity contribution < 1.29 is 27.5 Å². The summed E-state index contributed by atoms with van der Waals surface area (Å²) < 4.78 is 38.7. The molecule has 2 heterocycles. The molecule has 4 rings (SSSR count). The number of rotatable bonds is 13. The molecule has 0 spiro atoms. The van der Waals surface area contributed by atoms with E-state index in [4.69, 9.17) is 21.1 Å². The zero-order valence-electron chi connectivity index (χ0n) is 25.0. The van der Waals surface area contributed by atoms with E-state index in [-0.39, 0.29) is 48.8 Å². The first-order valence-electron chi connectivity index (χ1n) is 14.4. The van der Waals surface area contributed by atoms with Gasteiger partial charge in [0.25, 0.3) is 0 Å². The summed E-state index contributed by atoms with van der Waals surface area (Å²) in [6.45, 7) is 5.55. The molecule has 1 unspecified atom stereocenters. The average Bonchev–Trinajstić information content (AvgIpc) is 3.60.